The summed E-state index contributed by atoms with van der Waals surface area (Å²) in [5, 5.41) is 0. The highest BCUT2D eigenvalue weighted by Crippen LogP contribution is 2.33. The van der Waals surface area contributed by atoms with Gasteiger partial charge in [0.05, 0.1) is 24.1 Å². The lowest BCUT2D eigenvalue weighted by molar-refractivity contribution is 0.397. The summed E-state index contributed by atoms with van der Waals surface area (Å²) in [4.78, 5) is 14.4. The third-order valence-corrected chi connectivity index (χ3v) is 4.54. The van der Waals surface area contributed by atoms with Crippen molar-refractivity contribution in [3.63, 3.8) is 0 Å². The first-order valence-corrected chi connectivity index (χ1v) is 8.72. The van der Waals surface area contributed by atoms with Crippen molar-refractivity contribution in [2.45, 2.75) is 46.5 Å². The van der Waals surface area contributed by atoms with Gasteiger partial charge in [0.1, 0.15) is 5.52 Å². The fraction of sp³-hybridized carbons (Fsp3) is 0.450. The second-order valence-corrected chi connectivity index (χ2v) is 7.13. The number of hydrogen-bond acceptors (Lipinski definition) is 4. The Hall–Kier alpha value is -2.43. The summed E-state index contributed by atoms with van der Waals surface area (Å²) in [7, 11) is 3.66. The number of fused-ring (bicyclic) bond motifs is 1. The molecule has 0 N–H and O–H groups in total. The van der Waals surface area contributed by atoms with Gasteiger partial charge in [-0.1, -0.05) is 27.7 Å². The van der Waals surface area contributed by atoms with Crippen LogP contribution in [0.25, 0.3) is 22.4 Å². The normalized spacial score (nSPS) is 11.7. The van der Waals surface area contributed by atoms with Crippen molar-refractivity contribution in [1.82, 2.24) is 19.5 Å². The maximum atomic E-state index is 5.55. The van der Waals surface area contributed by atoms with Gasteiger partial charge in [0.2, 0.25) is 5.88 Å². The predicted molar refractivity (Wildman–Crippen MR) is 101 cm³/mol. The van der Waals surface area contributed by atoms with E-state index in [9.17, 15) is 0 Å². The van der Waals surface area contributed by atoms with E-state index in [0.717, 1.165) is 33.8 Å². The minimum atomic E-state index is 0.346. The van der Waals surface area contributed by atoms with Gasteiger partial charge in [-0.25, -0.2) is 15.0 Å². The summed E-state index contributed by atoms with van der Waals surface area (Å²) in [6.45, 7) is 10.6. The molecule has 0 saturated heterocycles. The lowest BCUT2D eigenvalue weighted by atomic mass is 10.1. The van der Waals surface area contributed by atoms with Crippen molar-refractivity contribution in [3.05, 3.63) is 35.3 Å². The van der Waals surface area contributed by atoms with Crippen LogP contribution in [0.3, 0.4) is 0 Å². The minimum Gasteiger partial charge on any atom is -0.480 e. The molecule has 5 heteroatoms. The second kappa shape index (κ2) is 6.47. The molecule has 0 unspecified atom stereocenters. The van der Waals surface area contributed by atoms with Crippen LogP contribution in [0.1, 0.15) is 56.5 Å². The van der Waals surface area contributed by atoms with Crippen LogP contribution >= 0.6 is 0 Å². The summed E-state index contributed by atoms with van der Waals surface area (Å²) in [6, 6.07) is 4.08. The van der Waals surface area contributed by atoms with Crippen molar-refractivity contribution in [3.8, 4) is 17.1 Å². The van der Waals surface area contributed by atoms with Crippen molar-refractivity contribution in [2.24, 2.45) is 7.05 Å². The first-order valence-electron chi connectivity index (χ1n) is 8.72. The summed E-state index contributed by atoms with van der Waals surface area (Å²) in [5.41, 5.74) is 6.68. The molecule has 3 aromatic heterocycles. The van der Waals surface area contributed by atoms with E-state index in [1.165, 1.54) is 5.56 Å². The van der Waals surface area contributed by atoms with Crippen LogP contribution < -0.4 is 4.74 Å². The molecule has 0 aliphatic carbocycles. The Morgan fingerprint density at radius 1 is 1.00 bits per heavy atom. The number of ether oxygens (including phenoxy) is 1. The summed E-state index contributed by atoms with van der Waals surface area (Å²) in [5.74, 6) is 1.35. The average molecular weight is 338 g/mol. The fourth-order valence-electron chi connectivity index (χ4n) is 3.07. The van der Waals surface area contributed by atoms with E-state index in [0.29, 0.717) is 17.7 Å². The smallest absolute Gasteiger partial charge is 0.222 e. The number of aryl methyl sites for hydroxylation is 2. The van der Waals surface area contributed by atoms with E-state index < -0.39 is 0 Å². The first kappa shape index (κ1) is 17.4. The summed E-state index contributed by atoms with van der Waals surface area (Å²) >= 11 is 0. The number of rotatable bonds is 4. The number of nitrogens with zero attached hydrogens (tertiary/aromatic N) is 4. The van der Waals surface area contributed by atoms with E-state index in [1.807, 2.05) is 30.7 Å². The molecule has 0 amide bonds. The molecule has 5 nitrogen and oxygen atoms in total. The first-order chi connectivity index (χ1) is 11.8. The van der Waals surface area contributed by atoms with Gasteiger partial charge in [-0.2, -0.15) is 0 Å². The molecular weight excluding hydrogens is 312 g/mol. The molecule has 0 aliphatic rings. The molecule has 0 radical (unpaired) electrons. The van der Waals surface area contributed by atoms with E-state index in [-0.39, 0.29) is 0 Å². The zero-order valence-electron chi connectivity index (χ0n) is 16.1. The highest BCUT2D eigenvalue weighted by Gasteiger charge is 2.19. The molecule has 132 valence electrons. The van der Waals surface area contributed by atoms with Crippen molar-refractivity contribution in [1.29, 1.82) is 0 Å². The van der Waals surface area contributed by atoms with Crippen LogP contribution in [0.2, 0.25) is 0 Å². The van der Waals surface area contributed by atoms with Crippen molar-refractivity contribution < 1.29 is 4.74 Å². The Morgan fingerprint density at radius 3 is 2.32 bits per heavy atom. The van der Waals surface area contributed by atoms with E-state index in [2.05, 4.69) is 38.9 Å². The molecule has 0 bridgehead atoms. The Bertz CT molecular complexity index is 925. The van der Waals surface area contributed by atoms with Crippen LogP contribution in [-0.2, 0) is 7.05 Å². The average Bonchev–Trinajstić information content (AvgIpc) is 2.89. The molecule has 0 saturated carbocycles. The Balaban J connectivity index is 2.23. The molecular formula is C20H26N4O. The SMILES string of the molecule is COc1nc(C(C)C)ccc1-c1nc2c(nc1C)c(C(C)C)cn2C. The lowest BCUT2D eigenvalue weighted by Gasteiger charge is -2.13. The van der Waals surface area contributed by atoms with E-state index in [4.69, 9.17) is 14.7 Å². The number of hydrogen-bond donors (Lipinski definition) is 0. The Labute approximate surface area is 149 Å². The van der Waals surface area contributed by atoms with Crippen LogP contribution in [-0.4, -0.2) is 26.6 Å². The standard InChI is InChI=1S/C20H26N4O/c1-11(2)15-10-24(6)19-18(15)21-13(5)17(23-19)14-8-9-16(12(3)4)22-20(14)25-7/h8-12H,1-7H3. The maximum absolute atomic E-state index is 5.55. The number of aromatic nitrogens is 4. The Morgan fingerprint density at radius 2 is 1.72 bits per heavy atom. The molecule has 0 fully saturated rings. The van der Waals surface area contributed by atoms with Gasteiger partial charge in [-0.3, -0.25) is 0 Å². The van der Waals surface area contributed by atoms with Gasteiger partial charge >= 0.3 is 0 Å². The van der Waals surface area contributed by atoms with Crippen LogP contribution in [0.4, 0.5) is 0 Å². The molecule has 3 heterocycles. The van der Waals surface area contributed by atoms with Gasteiger partial charge in [0.15, 0.2) is 5.65 Å². The molecule has 0 aliphatic heterocycles. The third kappa shape index (κ3) is 2.99. The highest BCUT2D eigenvalue weighted by atomic mass is 16.5. The van der Waals surface area contributed by atoms with Gasteiger partial charge in [0, 0.05) is 24.5 Å². The van der Waals surface area contributed by atoms with Gasteiger partial charge in [-0.05, 0) is 30.9 Å². The monoisotopic (exact) mass is 338 g/mol. The fourth-order valence-corrected chi connectivity index (χ4v) is 3.07. The topological polar surface area (TPSA) is 52.8 Å². The zero-order chi connectivity index (χ0) is 18.3. The number of methoxy groups -OCH3 is 1. The maximum Gasteiger partial charge on any atom is 0.222 e. The predicted octanol–water partition coefficient (Wildman–Crippen LogP) is 4.59. The highest BCUT2D eigenvalue weighted by molar-refractivity contribution is 5.81. The second-order valence-electron chi connectivity index (χ2n) is 7.13. The van der Waals surface area contributed by atoms with Gasteiger partial charge < -0.3 is 9.30 Å². The number of pyridine rings is 1. The molecule has 3 rings (SSSR count). The van der Waals surface area contributed by atoms with Crippen molar-refractivity contribution in [2.75, 3.05) is 7.11 Å². The zero-order valence-corrected chi connectivity index (χ0v) is 16.1. The van der Waals surface area contributed by atoms with Gasteiger partial charge in [0.25, 0.3) is 0 Å². The minimum absolute atomic E-state index is 0.346. The van der Waals surface area contributed by atoms with Crippen LogP contribution in [0, 0.1) is 6.92 Å². The molecule has 3 aromatic rings. The van der Waals surface area contributed by atoms with Crippen LogP contribution in [0.15, 0.2) is 18.3 Å². The molecule has 25 heavy (non-hydrogen) atoms. The molecule has 0 aromatic carbocycles. The van der Waals surface area contributed by atoms with Gasteiger partial charge in [-0.15, -0.1) is 0 Å². The molecule has 0 spiro atoms. The lowest BCUT2D eigenvalue weighted by Crippen LogP contribution is -2.02. The Kier molecular flexibility index (Phi) is 4.50. The van der Waals surface area contributed by atoms with E-state index >= 15 is 0 Å². The van der Waals surface area contributed by atoms with Crippen molar-refractivity contribution >= 4 is 11.2 Å². The summed E-state index contributed by atoms with van der Waals surface area (Å²) < 4.78 is 7.59. The third-order valence-electron chi connectivity index (χ3n) is 4.54. The summed E-state index contributed by atoms with van der Waals surface area (Å²) in [6.07, 6.45) is 2.12. The van der Waals surface area contributed by atoms with Crippen LogP contribution in [0.5, 0.6) is 5.88 Å². The van der Waals surface area contributed by atoms with E-state index in [1.54, 1.807) is 7.11 Å². The largest absolute Gasteiger partial charge is 0.480 e. The molecule has 0 atom stereocenters. The quantitative estimate of drug-likeness (QED) is 0.698.